The number of aromatic nitrogens is 2. The third-order valence-electron chi connectivity index (χ3n) is 5.21. The van der Waals surface area contributed by atoms with E-state index in [2.05, 4.69) is 106 Å². The molecular weight excluding hydrogens is 408 g/mol. The Balaban J connectivity index is 1.78. The van der Waals surface area contributed by atoms with E-state index in [-0.39, 0.29) is 0 Å². The van der Waals surface area contributed by atoms with Gasteiger partial charge in [-0.05, 0) is 36.1 Å². The average Bonchev–Trinajstić information content (AvgIpc) is 3.08. The van der Waals surface area contributed by atoms with Gasteiger partial charge in [-0.1, -0.05) is 82.2 Å². The van der Waals surface area contributed by atoms with E-state index in [0.717, 1.165) is 27.8 Å². The predicted octanol–water partition coefficient (Wildman–Crippen LogP) is 6.82. The molecule has 0 N–H and O–H groups in total. The largest absolute Gasteiger partial charge is 0.303 e. The molecule has 2 heterocycles. The highest BCUT2D eigenvalue weighted by Crippen LogP contribution is 2.31. The number of imidazole rings is 1. The lowest BCUT2D eigenvalue weighted by Crippen LogP contribution is -1.97. The van der Waals surface area contributed by atoms with Gasteiger partial charge in [-0.2, -0.15) is 0 Å². The fourth-order valence-corrected chi connectivity index (χ4v) is 4.15. The van der Waals surface area contributed by atoms with Crippen molar-refractivity contribution < 1.29 is 0 Å². The van der Waals surface area contributed by atoms with Crippen LogP contribution in [0.1, 0.15) is 16.8 Å². The molecule has 136 valence electrons. The van der Waals surface area contributed by atoms with Crippen molar-refractivity contribution in [1.29, 1.82) is 0 Å². The summed E-state index contributed by atoms with van der Waals surface area (Å²) in [6.07, 6.45) is 2.98. The molecule has 28 heavy (non-hydrogen) atoms. The number of hydrogen-bond acceptors (Lipinski definition) is 1. The van der Waals surface area contributed by atoms with Crippen LogP contribution in [-0.2, 0) is 6.42 Å². The zero-order valence-electron chi connectivity index (χ0n) is 15.6. The first-order chi connectivity index (χ1) is 13.7. The van der Waals surface area contributed by atoms with Gasteiger partial charge in [0.05, 0.1) is 11.4 Å². The fraction of sp³-hybridized carbons (Fsp3) is 0.0800. The fourth-order valence-electron chi connectivity index (χ4n) is 3.75. The first-order valence-corrected chi connectivity index (χ1v) is 10.2. The minimum atomic E-state index is 0.835. The van der Waals surface area contributed by atoms with E-state index in [1.54, 1.807) is 0 Å². The molecule has 0 saturated heterocycles. The van der Waals surface area contributed by atoms with Crippen molar-refractivity contribution in [3.05, 3.63) is 106 Å². The molecule has 0 amide bonds. The standard InChI is InChI=1S/C25H19BrN2/c1-17-9-11-18(12-10-17)15-23-24(20-6-4-7-21(26)16-20)27-25-22-8-3-2-5-19(22)13-14-28(23)25/h2-14,16H,15H2,1H3. The Kier molecular flexibility index (Phi) is 4.25. The van der Waals surface area contributed by atoms with E-state index >= 15 is 0 Å². The number of hydrogen-bond donors (Lipinski definition) is 0. The lowest BCUT2D eigenvalue weighted by atomic mass is 10.0. The summed E-state index contributed by atoms with van der Waals surface area (Å²) >= 11 is 3.61. The van der Waals surface area contributed by atoms with Crippen molar-refractivity contribution in [2.45, 2.75) is 13.3 Å². The van der Waals surface area contributed by atoms with Crippen LogP contribution in [0.3, 0.4) is 0 Å². The van der Waals surface area contributed by atoms with Crippen LogP contribution in [-0.4, -0.2) is 9.38 Å². The Morgan fingerprint density at radius 2 is 1.71 bits per heavy atom. The van der Waals surface area contributed by atoms with Crippen molar-refractivity contribution in [2.24, 2.45) is 0 Å². The predicted molar refractivity (Wildman–Crippen MR) is 120 cm³/mol. The maximum atomic E-state index is 5.11. The molecule has 0 fully saturated rings. The minimum Gasteiger partial charge on any atom is -0.303 e. The van der Waals surface area contributed by atoms with Crippen molar-refractivity contribution >= 4 is 32.3 Å². The van der Waals surface area contributed by atoms with Crippen LogP contribution in [0.2, 0.25) is 0 Å². The summed E-state index contributed by atoms with van der Waals surface area (Å²) < 4.78 is 3.31. The van der Waals surface area contributed by atoms with E-state index in [1.165, 1.54) is 27.6 Å². The van der Waals surface area contributed by atoms with E-state index < -0.39 is 0 Å². The second kappa shape index (κ2) is 6.92. The number of pyridine rings is 1. The molecule has 2 nitrogen and oxygen atoms in total. The molecular formula is C25H19BrN2. The van der Waals surface area contributed by atoms with Crippen LogP contribution >= 0.6 is 15.9 Å². The van der Waals surface area contributed by atoms with Crippen LogP contribution in [0.15, 0.2) is 89.5 Å². The smallest absolute Gasteiger partial charge is 0.145 e. The van der Waals surface area contributed by atoms with Crippen molar-refractivity contribution in [3.63, 3.8) is 0 Å². The Morgan fingerprint density at radius 1 is 0.893 bits per heavy atom. The van der Waals surface area contributed by atoms with Gasteiger partial charge in [0.15, 0.2) is 0 Å². The number of rotatable bonds is 3. The topological polar surface area (TPSA) is 17.3 Å². The first kappa shape index (κ1) is 17.2. The molecule has 0 aliphatic rings. The van der Waals surface area contributed by atoms with E-state index in [1.807, 2.05) is 6.07 Å². The van der Waals surface area contributed by atoms with Crippen LogP contribution < -0.4 is 0 Å². The summed E-state index contributed by atoms with van der Waals surface area (Å²) in [6.45, 7) is 2.12. The summed E-state index contributed by atoms with van der Waals surface area (Å²) in [5.74, 6) is 0. The molecule has 2 aromatic heterocycles. The number of fused-ring (bicyclic) bond motifs is 3. The monoisotopic (exact) mass is 426 g/mol. The normalized spacial score (nSPS) is 11.4. The Hall–Kier alpha value is -2.91. The van der Waals surface area contributed by atoms with Crippen LogP contribution in [0.25, 0.3) is 27.7 Å². The molecule has 0 spiro atoms. The third kappa shape index (κ3) is 3.02. The van der Waals surface area contributed by atoms with E-state index in [0.29, 0.717) is 0 Å². The van der Waals surface area contributed by atoms with Crippen molar-refractivity contribution in [2.75, 3.05) is 0 Å². The second-order valence-electron chi connectivity index (χ2n) is 7.18. The maximum Gasteiger partial charge on any atom is 0.145 e. The SMILES string of the molecule is Cc1ccc(Cc2c(-c3cccc(Br)c3)nc3c4ccccc4ccn23)cc1. The molecule has 5 aromatic rings. The van der Waals surface area contributed by atoms with E-state index in [4.69, 9.17) is 4.98 Å². The third-order valence-corrected chi connectivity index (χ3v) is 5.70. The quantitative estimate of drug-likeness (QED) is 0.309. The summed E-state index contributed by atoms with van der Waals surface area (Å²) in [4.78, 5) is 5.11. The van der Waals surface area contributed by atoms with Gasteiger partial charge >= 0.3 is 0 Å². The Bertz CT molecular complexity index is 1300. The Labute approximate surface area is 172 Å². The molecule has 0 radical (unpaired) electrons. The number of nitrogens with zero attached hydrogens (tertiary/aromatic N) is 2. The van der Waals surface area contributed by atoms with Crippen LogP contribution in [0.5, 0.6) is 0 Å². The highest BCUT2D eigenvalue weighted by atomic mass is 79.9. The highest BCUT2D eigenvalue weighted by Gasteiger charge is 2.16. The molecule has 3 heteroatoms. The van der Waals surface area contributed by atoms with Gasteiger partial charge in [0.25, 0.3) is 0 Å². The zero-order chi connectivity index (χ0) is 19.1. The van der Waals surface area contributed by atoms with Gasteiger partial charge in [0.2, 0.25) is 0 Å². The van der Waals surface area contributed by atoms with Gasteiger partial charge in [-0.3, -0.25) is 0 Å². The number of benzene rings is 3. The molecule has 0 aliphatic carbocycles. The number of aryl methyl sites for hydroxylation is 1. The average molecular weight is 427 g/mol. The van der Waals surface area contributed by atoms with Crippen LogP contribution in [0.4, 0.5) is 0 Å². The van der Waals surface area contributed by atoms with Crippen molar-refractivity contribution in [3.8, 4) is 11.3 Å². The van der Waals surface area contributed by atoms with Crippen molar-refractivity contribution in [1.82, 2.24) is 9.38 Å². The highest BCUT2D eigenvalue weighted by molar-refractivity contribution is 9.10. The van der Waals surface area contributed by atoms with Gasteiger partial charge in [0, 0.05) is 28.0 Å². The summed E-state index contributed by atoms with van der Waals surface area (Å²) in [5, 5.41) is 2.39. The maximum absolute atomic E-state index is 5.11. The molecule has 0 saturated carbocycles. The molecule has 5 rings (SSSR count). The van der Waals surface area contributed by atoms with Gasteiger partial charge in [0.1, 0.15) is 5.65 Å². The van der Waals surface area contributed by atoms with Gasteiger partial charge in [-0.25, -0.2) is 4.98 Å². The summed E-state index contributed by atoms with van der Waals surface area (Å²) in [6, 6.07) is 27.8. The Morgan fingerprint density at radius 3 is 2.54 bits per heavy atom. The summed E-state index contributed by atoms with van der Waals surface area (Å²) in [7, 11) is 0. The molecule has 0 aliphatic heterocycles. The second-order valence-corrected chi connectivity index (χ2v) is 8.09. The van der Waals surface area contributed by atoms with Gasteiger partial charge < -0.3 is 4.40 Å². The molecule has 0 bridgehead atoms. The van der Waals surface area contributed by atoms with E-state index in [9.17, 15) is 0 Å². The summed E-state index contributed by atoms with van der Waals surface area (Å²) in [5.41, 5.74) is 6.96. The lowest BCUT2D eigenvalue weighted by Gasteiger charge is -2.07. The lowest BCUT2D eigenvalue weighted by molar-refractivity contribution is 1.03. The minimum absolute atomic E-state index is 0.835. The first-order valence-electron chi connectivity index (χ1n) is 9.39. The zero-order valence-corrected chi connectivity index (χ0v) is 17.1. The van der Waals surface area contributed by atoms with Crippen LogP contribution in [0, 0.1) is 6.92 Å². The molecule has 0 unspecified atom stereocenters. The molecule has 0 atom stereocenters. The van der Waals surface area contributed by atoms with Gasteiger partial charge in [-0.15, -0.1) is 0 Å². The molecule has 3 aromatic carbocycles. The number of halogens is 1.